The van der Waals surface area contributed by atoms with Crippen LogP contribution in [0.5, 0.6) is 5.75 Å². The van der Waals surface area contributed by atoms with E-state index in [9.17, 15) is 9.50 Å². The molecule has 1 aliphatic carbocycles. The first-order valence-corrected chi connectivity index (χ1v) is 11.1. The molecule has 6 rings (SSSR count). The van der Waals surface area contributed by atoms with Crippen LogP contribution in [0.4, 0.5) is 10.2 Å². The molecule has 4 aromatic rings. The molecule has 1 saturated carbocycles. The molecule has 0 amide bonds. The van der Waals surface area contributed by atoms with E-state index in [1.807, 2.05) is 18.2 Å². The molecule has 2 aliphatic rings. The summed E-state index contributed by atoms with van der Waals surface area (Å²) in [6.07, 6.45) is 3.85. The van der Waals surface area contributed by atoms with Crippen molar-refractivity contribution in [2.45, 2.75) is 32.2 Å². The zero-order chi connectivity index (χ0) is 21.8. The minimum absolute atomic E-state index is 0.0198. The predicted octanol–water partition coefficient (Wildman–Crippen LogP) is 4.17. The molecule has 32 heavy (non-hydrogen) atoms. The molecule has 2 N–H and O–H groups in total. The van der Waals surface area contributed by atoms with Gasteiger partial charge in [-0.2, -0.15) is 0 Å². The van der Waals surface area contributed by atoms with Crippen LogP contribution in [0.2, 0.25) is 0 Å². The van der Waals surface area contributed by atoms with Crippen molar-refractivity contribution in [3.05, 3.63) is 42.0 Å². The summed E-state index contributed by atoms with van der Waals surface area (Å²) >= 11 is 0. The normalized spacial score (nSPS) is 18.8. The van der Waals surface area contributed by atoms with E-state index in [1.165, 1.54) is 12.8 Å². The lowest BCUT2D eigenvalue weighted by Crippen LogP contribution is -2.34. The fourth-order valence-electron chi connectivity index (χ4n) is 4.44. The molecule has 3 aromatic heterocycles. The van der Waals surface area contributed by atoms with Gasteiger partial charge in [-0.05, 0) is 62.1 Å². The molecule has 1 aromatic carbocycles. The number of aromatic nitrogens is 3. The number of hydrogen-bond acceptors (Lipinski definition) is 7. The van der Waals surface area contributed by atoms with Crippen LogP contribution in [0.25, 0.3) is 33.4 Å². The minimum Gasteiger partial charge on any atom is -0.504 e. The van der Waals surface area contributed by atoms with Crippen LogP contribution in [0.1, 0.15) is 25.2 Å². The third-order valence-electron chi connectivity index (χ3n) is 6.41. The Morgan fingerprint density at radius 3 is 2.78 bits per heavy atom. The topological polar surface area (TPSA) is 87.3 Å². The van der Waals surface area contributed by atoms with Gasteiger partial charge in [-0.25, -0.2) is 19.3 Å². The zero-order valence-corrected chi connectivity index (χ0v) is 17.8. The van der Waals surface area contributed by atoms with Gasteiger partial charge in [0, 0.05) is 31.6 Å². The Morgan fingerprint density at radius 2 is 1.94 bits per heavy atom. The third-order valence-corrected chi connectivity index (χ3v) is 6.41. The number of aromatic hydroxyl groups is 1. The fourth-order valence-corrected chi connectivity index (χ4v) is 4.44. The SMILES string of the molecule is Cc1nc2c(F)c(O)c(-c3ccc4nc(N5CC[C@@H](NCC6CC6)C5)ccc4n3)cc2o1. The molecule has 1 aliphatic heterocycles. The van der Waals surface area contributed by atoms with E-state index in [4.69, 9.17) is 9.40 Å². The minimum atomic E-state index is -0.802. The van der Waals surface area contributed by atoms with Crippen LogP contribution in [0, 0.1) is 18.7 Å². The Bertz CT molecular complexity index is 1330. The Hall–Kier alpha value is -3.26. The average molecular weight is 433 g/mol. The van der Waals surface area contributed by atoms with Crippen molar-refractivity contribution >= 4 is 28.0 Å². The number of nitrogens with one attached hydrogen (secondary N) is 1. The largest absolute Gasteiger partial charge is 0.504 e. The van der Waals surface area contributed by atoms with Gasteiger partial charge in [0.05, 0.1) is 16.7 Å². The summed E-state index contributed by atoms with van der Waals surface area (Å²) in [6, 6.07) is 9.59. The monoisotopic (exact) mass is 433 g/mol. The first kappa shape index (κ1) is 19.4. The predicted molar refractivity (Wildman–Crippen MR) is 120 cm³/mol. The quantitative estimate of drug-likeness (QED) is 0.488. The number of anilines is 1. The van der Waals surface area contributed by atoms with E-state index in [2.05, 4.69) is 20.2 Å². The molecule has 0 radical (unpaired) electrons. The lowest BCUT2D eigenvalue weighted by atomic mass is 10.1. The van der Waals surface area contributed by atoms with E-state index in [0.717, 1.165) is 43.3 Å². The van der Waals surface area contributed by atoms with Crippen LogP contribution in [0.15, 0.2) is 34.7 Å². The number of phenols is 1. The maximum Gasteiger partial charge on any atom is 0.195 e. The lowest BCUT2D eigenvalue weighted by Gasteiger charge is -2.18. The molecular weight excluding hydrogens is 409 g/mol. The summed E-state index contributed by atoms with van der Waals surface area (Å²) in [5, 5.41) is 14.1. The van der Waals surface area contributed by atoms with Crippen LogP contribution in [0.3, 0.4) is 0 Å². The van der Waals surface area contributed by atoms with Crippen LogP contribution < -0.4 is 10.2 Å². The maximum atomic E-state index is 14.6. The van der Waals surface area contributed by atoms with E-state index >= 15 is 0 Å². The van der Waals surface area contributed by atoms with E-state index in [0.29, 0.717) is 23.1 Å². The average Bonchev–Trinajstić information content (AvgIpc) is 3.37. The Balaban J connectivity index is 1.28. The summed E-state index contributed by atoms with van der Waals surface area (Å²) in [7, 11) is 0. The Kier molecular flexibility index (Phi) is 4.50. The second kappa shape index (κ2) is 7.41. The molecule has 4 heterocycles. The van der Waals surface area contributed by atoms with Crippen molar-refractivity contribution in [1.82, 2.24) is 20.3 Å². The van der Waals surface area contributed by atoms with Gasteiger partial charge in [-0.1, -0.05) is 0 Å². The number of benzene rings is 1. The summed E-state index contributed by atoms with van der Waals surface area (Å²) in [5.41, 5.74) is 2.46. The van der Waals surface area contributed by atoms with Gasteiger partial charge in [-0.15, -0.1) is 0 Å². The Morgan fingerprint density at radius 1 is 1.12 bits per heavy atom. The molecule has 2 fully saturated rings. The number of nitrogens with zero attached hydrogens (tertiary/aromatic N) is 4. The second-order valence-electron chi connectivity index (χ2n) is 8.85. The van der Waals surface area contributed by atoms with Gasteiger partial charge in [0.25, 0.3) is 0 Å². The van der Waals surface area contributed by atoms with Crippen molar-refractivity contribution in [2.75, 3.05) is 24.5 Å². The first-order chi connectivity index (χ1) is 15.5. The molecule has 1 atom stereocenters. The number of hydrogen-bond donors (Lipinski definition) is 2. The summed E-state index contributed by atoms with van der Waals surface area (Å²) < 4.78 is 20.1. The number of halogens is 1. The van der Waals surface area contributed by atoms with Gasteiger partial charge in [0.15, 0.2) is 23.0 Å². The lowest BCUT2D eigenvalue weighted by molar-refractivity contribution is 0.437. The highest BCUT2D eigenvalue weighted by Crippen LogP contribution is 2.36. The molecular formula is C24H24FN5O2. The van der Waals surface area contributed by atoms with E-state index < -0.39 is 11.6 Å². The number of pyridine rings is 2. The van der Waals surface area contributed by atoms with Gasteiger partial charge in [0.1, 0.15) is 11.3 Å². The maximum absolute atomic E-state index is 14.6. The summed E-state index contributed by atoms with van der Waals surface area (Å²) in [4.78, 5) is 15.7. The van der Waals surface area contributed by atoms with Crippen LogP contribution >= 0.6 is 0 Å². The second-order valence-corrected chi connectivity index (χ2v) is 8.85. The number of phenolic OH excluding ortho intramolecular Hbond substituents is 1. The molecule has 7 nitrogen and oxygen atoms in total. The Labute approximate surface area is 184 Å². The smallest absolute Gasteiger partial charge is 0.195 e. The van der Waals surface area contributed by atoms with Crippen LogP contribution in [-0.2, 0) is 0 Å². The number of oxazole rings is 1. The zero-order valence-electron chi connectivity index (χ0n) is 17.8. The van der Waals surface area contributed by atoms with Crippen molar-refractivity contribution in [2.24, 2.45) is 5.92 Å². The van der Waals surface area contributed by atoms with E-state index in [-0.39, 0.29) is 16.7 Å². The van der Waals surface area contributed by atoms with Crippen molar-refractivity contribution in [3.8, 4) is 17.0 Å². The van der Waals surface area contributed by atoms with Crippen molar-refractivity contribution in [1.29, 1.82) is 0 Å². The number of aryl methyl sites for hydroxylation is 1. The fraction of sp³-hybridized carbons (Fsp3) is 0.375. The third kappa shape index (κ3) is 3.44. The number of rotatable bonds is 5. The highest BCUT2D eigenvalue weighted by atomic mass is 19.1. The molecule has 1 saturated heterocycles. The summed E-state index contributed by atoms with van der Waals surface area (Å²) in [5.74, 6) is 0.873. The van der Waals surface area contributed by atoms with Gasteiger partial charge < -0.3 is 19.7 Å². The molecule has 0 bridgehead atoms. The molecule has 0 unspecified atom stereocenters. The standard InChI is InChI=1S/C24H24FN5O2/c1-13-27-23-20(32-13)10-16(24(31)22(23)25)17-4-5-19-18(28-17)6-7-21(29-19)30-9-8-15(12-30)26-11-14-2-3-14/h4-7,10,14-15,26,31H,2-3,8-9,11-12H2,1H3/t15-/m1/s1. The van der Waals surface area contributed by atoms with Gasteiger partial charge in [0.2, 0.25) is 0 Å². The van der Waals surface area contributed by atoms with Crippen LogP contribution in [-0.4, -0.2) is 45.7 Å². The van der Waals surface area contributed by atoms with Crippen molar-refractivity contribution < 1.29 is 13.9 Å². The molecule has 0 spiro atoms. The van der Waals surface area contributed by atoms with Gasteiger partial charge in [-0.3, -0.25) is 0 Å². The highest BCUT2D eigenvalue weighted by Gasteiger charge is 2.27. The molecule has 8 heteroatoms. The van der Waals surface area contributed by atoms with Crippen molar-refractivity contribution in [3.63, 3.8) is 0 Å². The summed E-state index contributed by atoms with van der Waals surface area (Å²) in [6.45, 7) is 4.71. The number of fused-ring (bicyclic) bond motifs is 2. The highest BCUT2D eigenvalue weighted by molar-refractivity contribution is 5.87. The molecule has 164 valence electrons. The van der Waals surface area contributed by atoms with Gasteiger partial charge >= 0.3 is 0 Å². The van der Waals surface area contributed by atoms with E-state index in [1.54, 1.807) is 19.1 Å². The first-order valence-electron chi connectivity index (χ1n) is 11.1.